The van der Waals surface area contributed by atoms with Crippen LogP contribution in [0.2, 0.25) is 6.04 Å². The van der Waals surface area contributed by atoms with Gasteiger partial charge in [0.1, 0.15) is 0 Å². The van der Waals surface area contributed by atoms with Crippen molar-refractivity contribution in [3.63, 3.8) is 0 Å². The first kappa shape index (κ1) is 50.4. The molecule has 0 spiro atoms. The van der Waals surface area contributed by atoms with E-state index in [9.17, 15) is 0 Å². The van der Waals surface area contributed by atoms with Crippen molar-refractivity contribution < 1.29 is 13.9 Å². The van der Waals surface area contributed by atoms with Crippen molar-refractivity contribution in [2.45, 2.75) is 251 Å². The maximum absolute atomic E-state index is 5.91. The van der Waals surface area contributed by atoms with Crippen LogP contribution in [0.25, 0.3) is 0 Å². The molecular weight excluding hydrogens is 649 g/mol. The van der Waals surface area contributed by atoms with Crippen molar-refractivity contribution in [1.82, 2.24) is 0 Å². The van der Waals surface area contributed by atoms with E-state index in [1.165, 1.54) is 244 Å². The summed E-state index contributed by atoms with van der Waals surface area (Å²) in [5.41, 5.74) is 0. The fraction of sp³-hybridized carbons (Fsp3) is 1.00. The third-order valence-electron chi connectivity index (χ3n) is 10.3. The highest BCUT2D eigenvalue weighted by Crippen LogP contribution is 2.15. The van der Waals surface area contributed by atoms with Gasteiger partial charge in [-0.05, 0) is 50.3 Å². The minimum atomic E-state index is 0.692. The molecule has 2 radical (unpaired) electrons. The summed E-state index contributed by atoms with van der Waals surface area (Å²) in [7, 11) is 0.692. The highest BCUT2D eigenvalue weighted by molar-refractivity contribution is 7.80. The van der Waals surface area contributed by atoms with Gasteiger partial charge in [-0.3, -0.25) is 0 Å². The fourth-order valence-corrected chi connectivity index (χ4v) is 8.08. The second kappa shape index (κ2) is 49.4. The number of rotatable bonds is 47. The lowest BCUT2D eigenvalue weighted by molar-refractivity contribution is 0.125. The number of unbranched alkanes of at least 4 members (excludes halogenated alkanes) is 33. The third-order valence-corrected chi connectivity index (χ3v) is 11.6. The summed E-state index contributed by atoms with van der Waals surface area (Å²) in [5.74, 6) is 0.991. The maximum atomic E-state index is 5.91. The summed E-state index contributed by atoms with van der Waals surface area (Å²) < 4.78 is 17.5. The molecule has 0 amide bonds. The zero-order valence-electron chi connectivity index (χ0n) is 34.3. The van der Waals surface area contributed by atoms with Crippen LogP contribution in [0.1, 0.15) is 244 Å². The van der Waals surface area contributed by atoms with Crippen LogP contribution in [0.4, 0.5) is 0 Å². The highest BCUT2D eigenvalue weighted by Gasteiger charge is 1.98. The Morgan fingerprint density at radius 1 is 0.300 bits per heavy atom. The predicted octanol–water partition coefficient (Wildman–Crippen LogP) is 15.5. The number of hydrogen-bond acceptors (Lipinski definition) is 4. The van der Waals surface area contributed by atoms with Crippen molar-refractivity contribution in [1.29, 1.82) is 0 Å². The zero-order chi connectivity index (χ0) is 35.9. The molecule has 0 saturated carbocycles. The highest BCUT2D eigenvalue weighted by atomic mass is 32.1. The maximum Gasteiger partial charge on any atom is 0.229 e. The van der Waals surface area contributed by atoms with Crippen LogP contribution >= 0.6 is 12.6 Å². The van der Waals surface area contributed by atoms with Gasteiger partial charge in [-0.2, -0.15) is 12.6 Å². The first-order valence-electron chi connectivity index (χ1n) is 23.0. The monoisotopic (exact) mass is 741 g/mol. The lowest BCUT2D eigenvalue weighted by Gasteiger charge is -2.06. The summed E-state index contributed by atoms with van der Waals surface area (Å²) in [6.07, 6.45) is 51.3. The van der Waals surface area contributed by atoms with E-state index in [0.29, 0.717) is 9.76 Å². The largest absolute Gasteiger partial charge is 0.417 e. The second-order valence-corrected chi connectivity index (χ2v) is 16.9. The van der Waals surface area contributed by atoms with Gasteiger partial charge >= 0.3 is 0 Å². The normalized spacial score (nSPS) is 11.6. The lowest BCUT2D eigenvalue weighted by Crippen LogP contribution is -2.00. The van der Waals surface area contributed by atoms with Gasteiger partial charge < -0.3 is 13.9 Å². The second-order valence-electron chi connectivity index (χ2n) is 15.4. The van der Waals surface area contributed by atoms with Crippen molar-refractivity contribution in [3.8, 4) is 0 Å². The Labute approximate surface area is 324 Å². The van der Waals surface area contributed by atoms with Crippen LogP contribution < -0.4 is 0 Å². The summed E-state index contributed by atoms with van der Waals surface area (Å²) in [6.45, 7) is 7.20. The Balaban J connectivity index is 3.04. The Morgan fingerprint density at radius 2 is 0.540 bits per heavy atom. The Kier molecular flexibility index (Phi) is 49.9. The van der Waals surface area contributed by atoms with Gasteiger partial charge in [-0.1, -0.05) is 206 Å². The molecule has 0 atom stereocenters. The van der Waals surface area contributed by atoms with Crippen LogP contribution in [0.5, 0.6) is 0 Å². The lowest BCUT2D eigenvalue weighted by atomic mass is 10.0. The SMILES string of the molecule is CCCCCCCCCCCCOCCCCCCCCCCCCCCOCCCCCCCCCCCCCCCCO[Si]CCCS. The summed E-state index contributed by atoms with van der Waals surface area (Å²) >= 11 is 4.24. The van der Waals surface area contributed by atoms with E-state index in [-0.39, 0.29) is 0 Å². The quantitative estimate of drug-likeness (QED) is 0.0382. The molecule has 0 aromatic rings. The van der Waals surface area contributed by atoms with Gasteiger partial charge in [0, 0.05) is 33.0 Å². The molecule has 0 rings (SSSR count). The van der Waals surface area contributed by atoms with Crippen LogP contribution in [-0.4, -0.2) is 48.6 Å². The number of hydrogen-bond donors (Lipinski definition) is 1. The topological polar surface area (TPSA) is 27.7 Å². The zero-order valence-corrected chi connectivity index (χ0v) is 36.2. The molecule has 0 unspecified atom stereocenters. The Bertz CT molecular complexity index is 518. The molecule has 0 N–H and O–H groups in total. The summed E-state index contributed by atoms with van der Waals surface area (Å²) in [6, 6.07) is 1.19. The van der Waals surface area contributed by atoms with Crippen LogP contribution in [-0.2, 0) is 13.9 Å². The van der Waals surface area contributed by atoms with Crippen molar-refractivity contribution in [2.24, 2.45) is 0 Å². The summed E-state index contributed by atoms with van der Waals surface area (Å²) in [4.78, 5) is 0. The summed E-state index contributed by atoms with van der Waals surface area (Å²) in [5, 5.41) is 0. The minimum Gasteiger partial charge on any atom is -0.417 e. The van der Waals surface area contributed by atoms with E-state index in [1.807, 2.05) is 0 Å². The van der Waals surface area contributed by atoms with E-state index >= 15 is 0 Å². The first-order chi connectivity index (χ1) is 24.9. The molecule has 0 aromatic carbocycles. The van der Waals surface area contributed by atoms with E-state index in [0.717, 1.165) is 38.8 Å². The van der Waals surface area contributed by atoms with Gasteiger partial charge in [-0.25, -0.2) is 0 Å². The van der Waals surface area contributed by atoms with Gasteiger partial charge in [0.2, 0.25) is 9.76 Å². The smallest absolute Gasteiger partial charge is 0.229 e. The van der Waals surface area contributed by atoms with E-state index in [1.54, 1.807) is 0 Å². The number of ether oxygens (including phenoxy) is 2. The molecule has 300 valence electrons. The van der Waals surface area contributed by atoms with Gasteiger partial charge in [0.15, 0.2) is 0 Å². The minimum absolute atomic E-state index is 0.692. The van der Waals surface area contributed by atoms with Crippen LogP contribution in [0, 0.1) is 0 Å². The van der Waals surface area contributed by atoms with Crippen molar-refractivity contribution in [2.75, 3.05) is 38.8 Å². The molecule has 3 nitrogen and oxygen atoms in total. The first-order valence-corrected chi connectivity index (χ1v) is 24.8. The molecule has 0 aliphatic rings. The fourth-order valence-electron chi connectivity index (χ4n) is 6.87. The van der Waals surface area contributed by atoms with E-state index < -0.39 is 0 Å². The molecule has 0 aliphatic heterocycles. The average molecular weight is 741 g/mol. The molecule has 5 heteroatoms. The van der Waals surface area contributed by atoms with Crippen molar-refractivity contribution >= 4 is 22.4 Å². The molecule has 0 aromatic heterocycles. The molecule has 0 aliphatic carbocycles. The molecule has 0 saturated heterocycles. The van der Waals surface area contributed by atoms with E-state index in [4.69, 9.17) is 13.9 Å². The number of thiol groups is 1. The predicted molar refractivity (Wildman–Crippen MR) is 229 cm³/mol. The molecule has 0 fully saturated rings. The third kappa shape index (κ3) is 48.4. The Hall–Kier alpha value is 0.447. The van der Waals surface area contributed by atoms with Gasteiger partial charge in [-0.15, -0.1) is 0 Å². The molecule has 50 heavy (non-hydrogen) atoms. The van der Waals surface area contributed by atoms with Gasteiger partial charge in [0.05, 0.1) is 0 Å². The van der Waals surface area contributed by atoms with Crippen molar-refractivity contribution in [3.05, 3.63) is 0 Å². The standard InChI is InChI=1S/C45H92O3SSi/c1-2-3-4-5-6-7-18-23-28-33-39-46-40-35-30-25-20-15-12-13-16-21-26-31-36-42-47-41-34-29-24-19-14-10-8-9-11-17-22-27-32-37-43-48-50-45-38-44-49/h49H,2-45H2,1H3. The Morgan fingerprint density at radius 3 is 0.800 bits per heavy atom. The van der Waals surface area contributed by atoms with E-state index in [2.05, 4.69) is 19.6 Å². The van der Waals surface area contributed by atoms with Crippen LogP contribution in [0.15, 0.2) is 0 Å². The molecular formula is C45H92O3SSi. The average Bonchev–Trinajstić information content (AvgIpc) is 3.13. The molecule has 0 heterocycles. The van der Waals surface area contributed by atoms with Gasteiger partial charge in [0.25, 0.3) is 0 Å². The van der Waals surface area contributed by atoms with Crippen LogP contribution in [0.3, 0.4) is 0 Å². The molecule has 0 bridgehead atoms.